The zero-order valence-electron chi connectivity index (χ0n) is 11.7. The van der Waals surface area contributed by atoms with Gasteiger partial charge in [0.05, 0.1) is 12.3 Å². The van der Waals surface area contributed by atoms with Crippen molar-refractivity contribution in [3.8, 4) is 0 Å². The first kappa shape index (κ1) is 16.4. The van der Waals surface area contributed by atoms with E-state index in [9.17, 15) is 12.8 Å². The Balaban J connectivity index is 2.58. The molecule has 0 amide bonds. The molecule has 1 aromatic carbocycles. The number of nitrogens with zero attached hydrogens (tertiary/aromatic N) is 1. The number of guanidine groups is 1. The molecule has 112 valence electrons. The molecule has 1 rings (SSSR count). The van der Waals surface area contributed by atoms with Crippen LogP contribution in [0.3, 0.4) is 0 Å². The van der Waals surface area contributed by atoms with Crippen molar-refractivity contribution in [2.45, 2.75) is 13.5 Å². The molecule has 0 aliphatic carbocycles. The van der Waals surface area contributed by atoms with Crippen molar-refractivity contribution in [1.82, 2.24) is 10.6 Å². The Hall–Kier alpha value is -1.63. The highest BCUT2D eigenvalue weighted by Crippen LogP contribution is 2.04. The van der Waals surface area contributed by atoms with Gasteiger partial charge >= 0.3 is 0 Å². The van der Waals surface area contributed by atoms with Crippen molar-refractivity contribution in [2.24, 2.45) is 4.99 Å². The molecule has 5 nitrogen and oxygen atoms in total. The fourth-order valence-corrected chi connectivity index (χ4v) is 1.98. The maximum atomic E-state index is 13.0. The monoisotopic (exact) mass is 301 g/mol. The summed E-state index contributed by atoms with van der Waals surface area (Å²) in [4.78, 5) is 4.28. The van der Waals surface area contributed by atoms with Gasteiger partial charge in [0.1, 0.15) is 15.7 Å². The second-order valence-electron chi connectivity index (χ2n) is 4.38. The highest BCUT2D eigenvalue weighted by molar-refractivity contribution is 7.90. The summed E-state index contributed by atoms with van der Waals surface area (Å²) in [7, 11) is -3.00. The van der Waals surface area contributed by atoms with Gasteiger partial charge in [-0.25, -0.2) is 17.8 Å². The number of rotatable bonds is 6. The summed E-state index contributed by atoms with van der Waals surface area (Å²) in [5.41, 5.74) is 0.755. The third-order valence-electron chi connectivity index (χ3n) is 2.42. The maximum absolute atomic E-state index is 13.0. The van der Waals surface area contributed by atoms with Crippen molar-refractivity contribution in [3.05, 3.63) is 35.6 Å². The van der Waals surface area contributed by atoms with Crippen LogP contribution in [0.25, 0.3) is 0 Å². The molecule has 0 atom stereocenters. The predicted octanol–water partition coefficient (Wildman–Crippen LogP) is 0.925. The molecule has 1 aromatic rings. The lowest BCUT2D eigenvalue weighted by atomic mass is 10.2. The lowest BCUT2D eigenvalue weighted by molar-refractivity contribution is 0.600. The molecule has 0 fully saturated rings. The van der Waals surface area contributed by atoms with Gasteiger partial charge in [0, 0.05) is 19.3 Å². The number of sulfone groups is 1. The molecule has 0 aliphatic rings. The Morgan fingerprint density at radius 1 is 1.35 bits per heavy atom. The number of hydrogen-bond acceptors (Lipinski definition) is 3. The van der Waals surface area contributed by atoms with Crippen LogP contribution in [0.15, 0.2) is 29.3 Å². The summed E-state index contributed by atoms with van der Waals surface area (Å²) in [5.74, 6) is 0.255. The Kier molecular flexibility index (Phi) is 6.44. The minimum Gasteiger partial charge on any atom is -0.357 e. The zero-order valence-corrected chi connectivity index (χ0v) is 12.5. The topological polar surface area (TPSA) is 70.6 Å². The third kappa shape index (κ3) is 7.08. The van der Waals surface area contributed by atoms with E-state index in [0.717, 1.165) is 5.56 Å². The molecule has 0 bridgehead atoms. The molecule has 0 heterocycles. The summed E-state index contributed by atoms with van der Waals surface area (Å²) in [6.45, 7) is 3.18. The molecule has 0 saturated carbocycles. The first-order valence-electron chi connectivity index (χ1n) is 6.35. The molecular weight excluding hydrogens is 281 g/mol. The number of halogens is 1. The molecular formula is C13H20FN3O2S. The number of aliphatic imine (C=N–C) groups is 1. The molecule has 0 unspecified atom stereocenters. The lowest BCUT2D eigenvalue weighted by Crippen LogP contribution is -2.39. The molecule has 0 radical (unpaired) electrons. The first-order chi connectivity index (χ1) is 9.40. The van der Waals surface area contributed by atoms with Crippen molar-refractivity contribution in [2.75, 3.05) is 25.1 Å². The molecule has 7 heteroatoms. The van der Waals surface area contributed by atoms with Crippen LogP contribution in [0.5, 0.6) is 0 Å². The van der Waals surface area contributed by atoms with E-state index in [0.29, 0.717) is 19.0 Å². The fraction of sp³-hybridized carbons (Fsp3) is 0.462. The quantitative estimate of drug-likeness (QED) is 0.606. The van der Waals surface area contributed by atoms with E-state index in [2.05, 4.69) is 15.6 Å². The summed E-state index contributed by atoms with van der Waals surface area (Å²) >= 11 is 0. The molecule has 0 aliphatic heterocycles. The minimum atomic E-state index is -3.00. The van der Waals surface area contributed by atoms with E-state index < -0.39 is 9.84 Å². The van der Waals surface area contributed by atoms with Gasteiger partial charge in [-0.05, 0) is 24.6 Å². The van der Waals surface area contributed by atoms with Gasteiger partial charge in [0.15, 0.2) is 5.96 Å². The average Bonchev–Trinajstić information content (AvgIpc) is 2.34. The Morgan fingerprint density at radius 3 is 2.70 bits per heavy atom. The van der Waals surface area contributed by atoms with Crippen molar-refractivity contribution in [3.63, 3.8) is 0 Å². The molecule has 20 heavy (non-hydrogen) atoms. The van der Waals surface area contributed by atoms with E-state index in [1.807, 2.05) is 6.92 Å². The summed E-state index contributed by atoms with van der Waals surface area (Å²) in [6.07, 6.45) is 1.19. The maximum Gasteiger partial charge on any atom is 0.191 e. The van der Waals surface area contributed by atoms with E-state index in [1.165, 1.54) is 18.4 Å². The Morgan fingerprint density at radius 2 is 2.10 bits per heavy atom. The lowest BCUT2D eigenvalue weighted by Gasteiger charge is -2.10. The van der Waals surface area contributed by atoms with Crippen LogP contribution >= 0.6 is 0 Å². The van der Waals surface area contributed by atoms with Crippen LogP contribution in [0.2, 0.25) is 0 Å². The highest BCUT2D eigenvalue weighted by atomic mass is 32.2. The van der Waals surface area contributed by atoms with Gasteiger partial charge < -0.3 is 10.6 Å². The number of benzene rings is 1. The largest absolute Gasteiger partial charge is 0.357 e. The molecule has 0 spiro atoms. The summed E-state index contributed by atoms with van der Waals surface area (Å²) < 4.78 is 35.1. The van der Waals surface area contributed by atoms with Crippen molar-refractivity contribution in [1.29, 1.82) is 0 Å². The molecule has 0 aromatic heterocycles. The van der Waals surface area contributed by atoms with Gasteiger partial charge in [0.2, 0.25) is 0 Å². The summed E-state index contributed by atoms with van der Waals surface area (Å²) in [5, 5.41) is 5.93. The Bertz CT molecular complexity index is 558. The van der Waals surface area contributed by atoms with Crippen LogP contribution in [-0.4, -0.2) is 39.5 Å². The Labute approximate surface area is 119 Å². The van der Waals surface area contributed by atoms with Crippen molar-refractivity contribution >= 4 is 15.8 Å². The number of hydrogen-bond donors (Lipinski definition) is 2. The van der Waals surface area contributed by atoms with E-state index >= 15 is 0 Å². The summed E-state index contributed by atoms with van der Waals surface area (Å²) in [6, 6.07) is 6.21. The van der Waals surface area contributed by atoms with E-state index in [-0.39, 0.29) is 18.1 Å². The first-order valence-corrected chi connectivity index (χ1v) is 8.41. The van der Waals surface area contributed by atoms with E-state index in [1.54, 1.807) is 12.1 Å². The van der Waals surface area contributed by atoms with Gasteiger partial charge in [-0.3, -0.25) is 0 Å². The number of nitrogens with one attached hydrogen (secondary N) is 2. The second kappa shape index (κ2) is 7.84. The normalized spacial score (nSPS) is 12.2. The zero-order chi connectivity index (χ0) is 15.0. The predicted molar refractivity (Wildman–Crippen MR) is 78.9 cm³/mol. The van der Waals surface area contributed by atoms with E-state index in [4.69, 9.17) is 0 Å². The minimum absolute atomic E-state index is 0.0391. The van der Waals surface area contributed by atoms with Crippen LogP contribution < -0.4 is 10.6 Å². The van der Waals surface area contributed by atoms with Crippen LogP contribution in [0.1, 0.15) is 12.5 Å². The highest BCUT2D eigenvalue weighted by Gasteiger charge is 2.03. The van der Waals surface area contributed by atoms with Crippen LogP contribution in [0.4, 0.5) is 4.39 Å². The molecule has 0 saturated heterocycles. The van der Waals surface area contributed by atoms with Crippen LogP contribution in [0, 0.1) is 5.82 Å². The molecule has 2 N–H and O–H groups in total. The standard InChI is InChI=1S/C13H20FN3O2S/c1-3-15-13(16-7-8-20(2,18)19)17-10-11-5-4-6-12(14)9-11/h4-6,9H,3,7-8,10H2,1-2H3,(H2,15,16,17). The van der Waals surface area contributed by atoms with Gasteiger partial charge in [0.25, 0.3) is 0 Å². The van der Waals surface area contributed by atoms with Gasteiger partial charge in [-0.15, -0.1) is 0 Å². The SMILES string of the molecule is CCNC(=NCc1cccc(F)c1)NCCS(C)(=O)=O. The third-order valence-corrected chi connectivity index (χ3v) is 3.36. The smallest absolute Gasteiger partial charge is 0.191 e. The van der Waals surface area contributed by atoms with Crippen LogP contribution in [-0.2, 0) is 16.4 Å². The fourth-order valence-electron chi connectivity index (χ4n) is 1.50. The average molecular weight is 301 g/mol. The van der Waals surface area contributed by atoms with Crippen molar-refractivity contribution < 1.29 is 12.8 Å². The second-order valence-corrected chi connectivity index (χ2v) is 6.64. The van der Waals surface area contributed by atoms with Gasteiger partial charge in [-0.2, -0.15) is 0 Å². The van der Waals surface area contributed by atoms with Gasteiger partial charge in [-0.1, -0.05) is 12.1 Å².